The molecule has 0 aliphatic heterocycles. The number of halogens is 1. The topological polar surface area (TPSA) is 59.5 Å². The Hall–Kier alpha value is -1.52. The molecule has 4 nitrogen and oxygen atoms in total. The standard InChI is InChI=1S/C14H18N2O2.ClH/c1-9(15)7-10-5-4-6-11-8-12(18-13(10)11)14(17)16(2)3;/h4-6,8-9H,7,15H2,1-3H3;1H. The molecule has 2 rings (SSSR count). The van der Waals surface area contributed by atoms with E-state index in [0.29, 0.717) is 5.76 Å². The van der Waals surface area contributed by atoms with Crippen LogP contribution in [0.2, 0.25) is 0 Å². The monoisotopic (exact) mass is 282 g/mol. The maximum absolute atomic E-state index is 11.9. The second kappa shape index (κ2) is 6.08. The second-order valence-electron chi connectivity index (χ2n) is 4.83. The SMILES string of the molecule is CC(N)Cc1cccc2cc(C(=O)N(C)C)oc12.Cl. The van der Waals surface area contributed by atoms with Crippen LogP contribution in [0.15, 0.2) is 28.7 Å². The van der Waals surface area contributed by atoms with Crippen molar-refractivity contribution >= 4 is 29.3 Å². The van der Waals surface area contributed by atoms with Crippen molar-refractivity contribution in [3.63, 3.8) is 0 Å². The summed E-state index contributed by atoms with van der Waals surface area (Å²) in [5.74, 6) is 0.241. The third-order valence-corrected chi connectivity index (χ3v) is 2.78. The quantitative estimate of drug-likeness (QED) is 0.941. The zero-order chi connectivity index (χ0) is 13.3. The Balaban J connectivity index is 0.00000180. The Kier molecular flexibility index (Phi) is 4.97. The Morgan fingerprint density at radius 2 is 2.11 bits per heavy atom. The minimum Gasteiger partial charge on any atom is -0.451 e. The lowest BCUT2D eigenvalue weighted by Gasteiger charge is -2.07. The van der Waals surface area contributed by atoms with Gasteiger partial charge in [-0.1, -0.05) is 18.2 Å². The molecular weight excluding hydrogens is 264 g/mol. The molecule has 1 atom stereocenters. The molecule has 1 amide bonds. The Bertz CT molecular complexity index is 576. The predicted octanol–water partition coefficient (Wildman–Crippen LogP) is 2.45. The van der Waals surface area contributed by atoms with Crippen LogP contribution in [0.4, 0.5) is 0 Å². The normalized spacial score (nSPS) is 12.0. The number of furan rings is 1. The second-order valence-corrected chi connectivity index (χ2v) is 4.83. The Morgan fingerprint density at radius 1 is 1.42 bits per heavy atom. The number of hydrogen-bond donors (Lipinski definition) is 1. The number of amides is 1. The minimum absolute atomic E-state index is 0. The summed E-state index contributed by atoms with van der Waals surface area (Å²) in [6.07, 6.45) is 0.737. The number of benzene rings is 1. The van der Waals surface area contributed by atoms with Gasteiger partial charge in [-0.15, -0.1) is 12.4 Å². The number of nitrogens with zero attached hydrogens (tertiary/aromatic N) is 1. The molecule has 0 aliphatic rings. The van der Waals surface area contributed by atoms with Crippen molar-refractivity contribution in [3.8, 4) is 0 Å². The minimum atomic E-state index is -0.127. The van der Waals surface area contributed by atoms with Gasteiger partial charge in [0.1, 0.15) is 5.58 Å². The van der Waals surface area contributed by atoms with E-state index in [9.17, 15) is 4.79 Å². The van der Waals surface area contributed by atoms with Crippen molar-refractivity contribution in [3.05, 3.63) is 35.6 Å². The Labute approximate surface area is 119 Å². The Morgan fingerprint density at radius 3 is 2.68 bits per heavy atom. The lowest BCUT2D eigenvalue weighted by molar-refractivity contribution is 0.0799. The summed E-state index contributed by atoms with van der Waals surface area (Å²) < 4.78 is 5.68. The number of carbonyl (C=O) groups excluding carboxylic acids is 1. The van der Waals surface area contributed by atoms with Gasteiger partial charge in [0.2, 0.25) is 0 Å². The molecule has 2 aromatic rings. The first-order chi connectivity index (χ1) is 8.49. The number of nitrogens with two attached hydrogens (primary N) is 1. The largest absolute Gasteiger partial charge is 0.451 e. The number of fused-ring (bicyclic) bond motifs is 1. The van der Waals surface area contributed by atoms with Crippen LogP contribution in [0.3, 0.4) is 0 Å². The number of para-hydroxylation sites is 1. The fourth-order valence-electron chi connectivity index (χ4n) is 1.96. The average Bonchev–Trinajstić information content (AvgIpc) is 2.72. The lowest BCUT2D eigenvalue weighted by atomic mass is 10.1. The van der Waals surface area contributed by atoms with E-state index in [0.717, 1.165) is 23.0 Å². The van der Waals surface area contributed by atoms with E-state index in [2.05, 4.69) is 0 Å². The van der Waals surface area contributed by atoms with Crippen LogP contribution in [0.1, 0.15) is 23.0 Å². The molecule has 19 heavy (non-hydrogen) atoms. The van der Waals surface area contributed by atoms with Gasteiger partial charge in [-0.05, 0) is 25.0 Å². The molecule has 0 spiro atoms. The first kappa shape index (κ1) is 15.5. The van der Waals surface area contributed by atoms with E-state index >= 15 is 0 Å². The van der Waals surface area contributed by atoms with E-state index in [4.69, 9.17) is 10.2 Å². The molecule has 0 aliphatic carbocycles. The predicted molar refractivity (Wildman–Crippen MR) is 78.8 cm³/mol. The molecule has 1 aromatic heterocycles. The van der Waals surface area contributed by atoms with Gasteiger partial charge in [0.05, 0.1) is 0 Å². The third kappa shape index (κ3) is 3.28. The summed E-state index contributed by atoms with van der Waals surface area (Å²) in [5.41, 5.74) is 7.62. The van der Waals surface area contributed by atoms with Gasteiger partial charge in [0.25, 0.3) is 5.91 Å². The molecule has 2 N–H and O–H groups in total. The van der Waals surface area contributed by atoms with Crippen LogP contribution in [0, 0.1) is 0 Å². The van der Waals surface area contributed by atoms with Crippen LogP contribution >= 0.6 is 12.4 Å². The van der Waals surface area contributed by atoms with Crippen LogP contribution in [0.5, 0.6) is 0 Å². The van der Waals surface area contributed by atoms with Gasteiger partial charge >= 0.3 is 0 Å². The summed E-state index contributed by atoms with van der Waals surface area (Å²) in [6.45, 7) is 1.95. The average molecular weight is 283 g/mol. The van der Waals surface area contributed by atoms with Crippen LogP contribution in [-0.2, 0) is 6.42 Å². The van der Waals surface area contributed by atoms with Crippen molar-refractivity contribution in [2.24, 2.45) is 5.73 Å². The fraction of sp³-hybridized carbons (Fsp3) is 0.357. The molecule has 5 heteroatoms. The molecule has 1 heterocycles. The van der Waals surface area contributed by atoms with Gasteiger partial charge in [-0.3, -0.25) is 4.79 Å². The summed E-state index contributed by atoms with van der Waals surface area (Å²) >= 11 is 0. The maximum Gasteiger partial charge on any atom is 0.289 e. The van der Waals surface area contributed by atoms with Crippen molar-refractivity contribution in [2.75, 3.05) is 14.1 Å². The fourth-order valence-corrected chi connectivity index (χ4v) is 1.96. The molecular formula is C14H19ClN2O2. The highest BCUT2D eigenvalue weighted by atomic mass is 35.5. The zero-order valence-electron chi connectivity index (χ0n) is 11.3. The molecule has 1 unspecified atom stereocenters. The van der Waals surface area contributed by atoms with Gasteiger partial charge < -0.3 is 15.1 Å². The van der Waals surface area contributed by atoms with Gasteiger partial charge in [-0.25, -0.2) is 0 Å². The molecule has 0 saturated carbocycles. The smallest absolute Gasteiger partial charge is 0.289 e. The van der Waals surface area contributed by atoms with E-state index in [1.54, 1.807) is 20.2 Å². The molecule has 0 saturated heterocycles. The third-order valence-electron chi connectivity index (χ3n) is 2.78. The van der Waals surface area contributed by atoms with Gasteiger partial charge in [0.15, 0.2) is 5.76 Å². The number of rotatable bonds is 3. The zero-order valence-corrected chi connectivity index (χ0v) is 12.2. The van der Waals surface area contributed by atoms with E-state index in [1.807, 2.05) is 25.1 Å². The van der Waals surface area contributed by atoms with E-state index in [-0.39, 0.29) is 24.4 Å². The molecule has 0 bridgehead atoms. The maximum atomic E-state index is 11.9. The van der Waals surface area contributed by atoms with Crippen molar-refractivity contribution < 1.29 is 9.21 Å². The van der Waals surface area contributed by atoms with Gasteiger partial charge in [-0.2, -0.15) is 0 Å². The summed E-state index contributed by atoms with van der Waals surface area (Å²) in [4.78, 5) is 13.4. The van der Waals surface area contributed by atoms with E-state index in [1.165, 1.54) is 4.90 Å². The molecule has 1 aromatic carbocycles. The van der Waals surface area contributed by atoms with Crippen LogP contribution in [-0.4, -0.2) is 30.9 Å². The van der Waals surface area contributed by atoms with Crippen molar-refractivity contribution in [1.29, 1.82) is 0 Å². The summed E-state index contributed by atoms with van der Waals surface area (Å²) in [5, 5.41) is 0.943. The van der Waals surface area contributed by atoms with Gasteiger partial charge in [0, 0.05) is 25.5 Å². The number of carbonyl (C=O) groups is 1. The highest BCUT2D eigenvalue weighted by Gasteiger charge is 2.16. The first-order valence-electron chi connectivity index (χ1n) is 5.97. The molecule has 104 valence electrons. The van der Waals surface area contributed by atoms with Crippen molar-refractivity contribution in [2.45, 2.75) is 19.4 Å². The van der Waals surface area contributed by atoms with E-state index < -0.39 is 0 Å². The highest BCUT2D eigenvalue weighted by Crippen LogP contribution is 2.24. The van der Waals surface area contributed by atoms with Crippen LogP contribution < -0.4 is 5.73 Å². The molecule has 0 fully saturated rings. The molecule has 0 radical (unpaired) electrons. The first-order valence-corrected chi connectivity index (χ1v) is 5.97. The van der Waals surface area contributed by atoms with Crippen LogP contribution in [0.25, 0.3) is 11.0 Å². The lowest BCUT2D eigenvalue weighted by Crippen LogP contribution is -2.20. The summed E-state index contributed by atoms with van der Waals surface area (Å²) in [7, 11) is 3.41. The van der Waals surface area contributed by atoms with Crippen molar-refractivity contribution in [1.82, 2.24) is 4.90 Å². The summed E-state index contributed by atoms with van der Waals surface area (Å²) in [6, 6.07) is 7.73. The number of hydrogen-bond acceptors (Lipinski definition) is 3. The highest BCUT2D eigenvalue weighted by molar-refractivity contribution is 5.96.